The molecule has 1 aromatic carbocycles. The molecule has 0 N–H and O–H groups in total. The summed E-state index contributed by atoms with van der Waals surface area (Å²) in [6, 6.07) is 10.7. The Morgan fingerprint density at radius 3 is 2.25 bits per heavy atom. The minimum absolute atomic E-state index is 0.0594. The van der Waals surface area contributed by atoms with E-state index in [0.29, 0.717) is 16.3 Å². The summed E-state index contributed by atoms with van der Waals surface area (Å²) in [5, 5.41) is 26.6. The van der Waals surface area contributed by atoms with Crippen molar-refractivity contribution in [3.05, 3.63) is 28.8 Å². The number of halogens is 1. The van der Waals surface area contributed by atoms with E-state index in [4.69, 9.17) is 27.4 Å². The summed E-state index contributed by atoms with van der Waals surface area (Å²) in [7, 11) is 0. The van der Waals surface area contributed by atoms with Gasteiger partial charge in [0, 0.05) is 5.02 Å². The molecule has 0 spiro atoms. The molecule has 0 heterocycles. The van der Waals surface area contributed by atoms with Crippen molar-refractivity contribution in [3.63, 3.8) is 0 Å². The second-order valence-electron chi connectivity index (χ2n) is 2.95. The van der Waals surface area contributed by atoms with Crippen molar-refractivity contribution in [1.82, 2.24) is 0 Å². The van der Waals surface area contributed by atoms with E-state index < -0.39 is 0 Å². The van der Waals surface area contributed by atoms with E-state index in [1.807, 2.05) is 18.2 Å². The van der Waals surface area contributed by atoms with Gasteiger partial charge < -0.3 is 4.90 Å². The van der Waals surface area contributed by atoms with Gasteiger partial charge in [0.15, 0.2) is 0 Å². The minimum Gasteiger partial charge on any atom is -0.344 e. The van der Waals surface area contributed by atoms with Gasteiger partial charge >= 0.3 is 0 Å². The Kier molecular flexibility index (Phi) is 4.16. The first-order valence-corrected chi connectivity index (χ1v) is 4.79. The Bertz CT molecular complexity index is 488. The van der Waals surface area contributed by atoms with Crippen LogP contribution in [0.3, 0.4) is 0 Å². The first kappa shape index (κ1) is 11.9. The molecule has 0 fully saturated rings. The SMILES string of the molecule is N#CCN(CC#N)c1ccc(Cl)cc1C#N. The quantitative estimate of drug-likeness (QED) is 0.745. The molecule has 0 aliphatic heterocycles. The summed E-state index contributed by atoms with van der Waals surface area (Å²) in [6.07, 6.45) is 0. The molecule has 0 aliphatic carbocycles. The van der Waals surface area contributed by atoms with E-state index in [0.717, 1.165) is 0 Å². The number of nitriles is 3. The van der Waals surface area contributed by atoms with E-state index in [9.17, 15) is 0 Å². The third-order valence-corrected chi connectivity index (χ3v) is 2.18. The van der Waals surface area contributed by atoms with Crippen LogP contribution < -0.4 is 4.90 Å². The fraction of sp³-hybridized carbons (Fsp3) is 0.182. The van der Waals surface area contributed by atoms with Crippen LogP contribution in [0.4, 0.5) is 5.69 Å². The summed E-state index contributed by atoms with van der Waals surface area (Å²) >= 11 is 5.75. The lowest BCUT2D eigenvalue weighted by molar-refractivity contribution is 0.964. The van der Waals surface area contributed by atoms with Gasteiger partial charge in [-0.25, -0.2) is 0 Å². The fourth-order valence-electron chi connectivity index (χ4n) is 1.27. The molecule has 1 rings (SSSR count). The van der Waals surface area contributed by atoms with Crippen LogP contribution in [-0.4, -0.2) is 13.1 Å². The normalized spacial score (nSPS) is 8.62. The highest BCUT2D eigenvalue weighted by molar-refractivity contribution is 6.30. The van der Waals surface area contributed by atoms with E-state index in [-0.39, 0.29) is 13.1 Å². The Balaban J connectivity index is 3.16. The van der Waals surface area contributed by atoms with Gasteiger partial charge in [-0.1, -0.05) is 11.6 Å². The van der Waals surface area contributed by atoms with Gasteiger partial charge in [0.05, 0.1) is 23.4 Å². The third kappa shape index (κ3) is 2.64. The number of hydrogen-bond acceptors (Lipinski definition) is 4. The summed E-state index contributed by atoms with van der Waals surface area (Å²) in [6.45, 7) is 0.119. The molecular weight excluding hydrogens is 224 g/mol. The van der Waals surface area contributed by atoms with Crippen LogP contribution in [0.2, 0.25) is 5.02 Å². The molecule has 0 atom stereocenters. The molecule has 0 radical (unpaired) electrons. The van der Waals surface area contributed by atoms with Crippen molar-refractivity contribution in [1.29, 1.82) is 15.8 Å². The number of nitrogens with zero attached hydrogens (tertiary/aromatic N) is 4. The molecule has 0 aliphatic rings. The molecule has 5 heteroatoms. The molecule has 0 bridgehead atoms. The van der Waals surface area contributed by atoms with Crippen LogP contribution in [0.1, 0.15) is 5.56 Å². The molecular formula is C11H7ClN4. The number of hydrogen-bond donors (Lipinski definition) is 0. The largest absolute Gasteiger partial charge is 0.344 e. The van der Waals surface area contributed by atoms with Crippen molar-refractivity contribution in [3.8, 4) is 18.2 Å². The smallest absolute Gasteiger partial charge is 0.107 e. The molecule has 1 aromatic rings. The predicted molar refractivity (Wildman–Crippen MR) is 59.6 cm³/mol. The highest BCUT2D eigenvalue weighted by Crippen LogP contribution is 2.23. The average molecular weight is 231 g/mol. The van der Waals surface area contributed by atoms with Crippen molar-refractivity contribution in [2.45, 2.75) is 0 Å². The van der Waals surface area contributed by atoms with Crippen LogP contribution in [0, 0.1) is 34.0 Å². The van der Waals surface area contributed by atoms with Gasteiger partial charge in [0.25, 0.3) is 0 Å². The Hall–Kier alpha value is -2.22. The highest BCUT2D eigenvalue weighted by atomic mass is 35.5. The van der Waals surface area contributed by atoms with Gasteiger partial charge in [-0.15, -0.1) is 0 Å². The molecule has 0 amide bonds. The van der Waals surface area contributed by atoms with Crippen molar-refractivity contribution >= 4 is 17.3 Å². The topological polar surface area (TPSA) is 74.6 Å². The maximum atomic E-state index is 8.93. The van der Waals surface area contributed by atoms with Crippen molar-refractivity contribution in [2.24, 2.45) is 0 Å². The zero-order valence-corrected chi connectivity index (χ0v) is 9.07. The van der Waals surface area contributed by atoms with Crippen LogP contribution in [-0.2, 0) is 0 Å². The lowest BCUT2D eigenvalue weighted by Crippen LogP contribution is -2.24. The first-order valence-electron chi connectivity index (χ1n) is 4.41. The molecule has 16 heavy (non-hydrogen) atoms. The van der Waals surface area contributed by atoms with Gasteiger partial charge in [0.2, 0.25) is 0 Å². The molecule has 4 nitrogen and oxygen atoms in total. The van der Waals surface area contributed by atoms with Gasteiger partial charge in [0.1, 0.15) is 19.2 Å². The lowest BCUT2D eigenvalue weighted by Gasteiger charge is -2.19. The third-order valence-electron chi connectivity index (χ3n) is 1.94. The van der Waals surface area contributed by atoms with Crippen molar-refractivity contribution in [2.75, 3.05) is 18.0 Å². The zero-order chi connectivity index (χ0) is 12.0. The number of benzene rings is 1. The standard InChI is InChI=1S/C11H7ClN4/c12-10-1-2-11(9(7-10)8-15)16(5-3-13)6-4-14/h1-2,7H,5-6H2. The molecule has 78 valence electrons. The van der Waals surface area contributed by atoms with Gasteiger partial charge in [-0.3, -0.25) is 0 Å². The van der Waals surface area contributed by atoms with Crippen LogP contribution in [0.5, 0.6) is 0 Å². The van der Waals surface area contributed by atoms with Gasteiger partial charge in [-0.05, 0) is 18.2 Å². The predicted octanol–water partition coefficient (Wildman–Crippen LogP) is 2.07. The minimum atomic E-state index is 0.0594. The summed E-state index contributed by atoms with van der Waals surface area (Å²) < 4.78 is 0. The van der Waals surface area contributed by atoms with Crippen LogP contribution >= 0.6 is 11.6 Å². The Morgan fingerprint density at radius 2 is 1.75 bits per heavy atom. The monoisotopic (exact) mass is 230 g/mol. The molecule has 0 unspecified atom stereocenters. The maximum Gasteiger partial charge on any atom is 0.107 e. The van der Waals surface area contributed by atoms with Crippen LogP contribution in [0.25, 0.3) is 0 Å². The summed E-state index contributed by atoms with van der Waals surface area (Å²) in [5.74, 6) is 0. The Labute approximate surface area is 98.5 Å². The maximum absolute atomic E-state index is 8.93. The van der Waals surface area contributed by atoms with E-state index in [1.54, 1.807) is 12.1 Å². The molecule has 0 saturated heterocycles. The van der Waals surface area contributed by atoms with Gasteiger partial charge in [-0.2, -0.15) is 15.8 Å². The van der Waals surface area contributed by atoms with E-state index >= 15 is 0 Å². The average Bonchev–Trinajstić information content (AvgIpc) is 2.28. The highest BCUT2D eigenvalue weighted by Gasteiger charge is 2.10. The van der Waals surface area contributed by atoms with E-state index in [2.05, 4.69) is 0 Å². The second-order valence-corrected chi connectivity index (χ2v) is 3.38. The second kappa shape index (κ2) is 5.61. The van der Waals surface area contributed by atoms with E-state index in [1.165, 1.54) is 11.0 Å². The summed E-state index contributed by atoms with van der Waals surface area (Å²) in [5.41, 5.74) is 0.910. The fourth-order valence-corrected chi connectivity index (χ4v) is 1.44. The van der Waals surface area contributed by atoms with Crippen molar-refractivity contribution < 1.29 is 0 Å². The first-order chi connectivity index (χ1) is 7.72. The molecule has 0 saturated carbocycles. The van der Waals surface area contributed by atoms with Crippen LogP contribution in [0.15, 0.2) is 18.2 Å². The zero-order valence-electron chi connectivity index (χ0n) is 8.31. The Morgan fingerprint density at radius 1 is 1.12 bits per heavy atom. The molecule has 0 aromatic heterocycles. The lowest BCUT2D eigenvalue weighted by atomic mass is 10.1. The summed E-state index contributed by atoms with van der Waals surface area (Å²) in [4.78, 5) is 1.52. The number of anilines is 1. The number of rotatable bonds is 3.